The van der Waals surface area contributed by atoms with E-state index in [0.29, 0.717) is 0 Å². The summed E-state index contributed by atoms with van der Waals surface area (Å²) in [6, 6.07) is 7.89. The highest BCUT2D eigenvalue weighted by atomic mass is 19.4. The Morgan fingerprint density at radius 3 is 2.61 bits per heavy atom. The van der Waals surface area contributed by atoms with E-state index in [1.165, 1.54) is 18.2 Å². The molecule has 28 heavy (non-hydrogen) atoms. The number of nitro benzene ring substituents is 1. The van der Waals surface area contributed by atoms with Gasteiger partial charge in [0, 0.05) is 12.1 Å². The first kappa shape index (κ1) is 19.0. The third kappa shape index (κ3) is 3.82. The molecule has 2 aromatic carbocycles. The zero-order chi connectivity index (χ0) is 20.5. The van der Waals surface area contributed by atoms with Crippen molar-refractivity contribution in [1.82, 2.24) is 9.55 Å². The Kier molecular flexibility index (Phi) is 4.82. The number of anilines is 1. The van der Waals surface area contributed by atoms with Gasteiger partial charge in [0.1, 0.15) is 6.54 Å². The molecular formula is C17H11F3N4O4. The van der Waals surface area contributed by atoms with Crippen LogP contribution in [-0.2, 0) is 17.5 Å². The summed E-state index contributed by atoms with van der Waals surface area (Å²) in [4.78, 5) is 38.6. The summed E-state index contributed by atoms with van der Waals surface area (Å²) in [5.74, 6) is -0.859. The van der Waals surface area contributed by atoms with Crippen molar-refractivity contribution in [2.75, 3.05) is 5.32 Å². The minimum Gasteiger partial charge on any atom is -0.324 e. The fourth-order valence-electron chi connectivity index (χ4n) is 2.56. The van der Waals surface area contributed by atoms with Crippen molar-refractivity contribution in [2.45, 2.75) is 12.7 Å². The molecule has 0 radical (unpaired) electrons. The number of fused-ring (bicyclic) bond motifs is 1. The second-order valence-electron chi connectivity index (χ2n) is 5.73. The number of nitrogens with one attached hydrogen (secondary N) is 1. The minimum atomic E-state index is -4.65. The summed E-state index contributed by atoms with van der Waals surface area (Å²) in [5, 5.41) is 12.9. The van der Waals surface area contributed by atoms with Gasteiger partial charge in [-0.15, -0.1) is 0 Å². The number of amides is 1. The molecule has 0 aliphatic carbocycles. The van der Waals surface area contributed by atoms with Crippen molar-refractivity contribution in [3.63, 3.8) is 0 Å². The first-order valence-corrected chi connectivity index (χ1v) is 7.76. The van der Waals surface area contributed by atoms with Crippen molar-refractivity contribution in [2.24, 2.45) is 0 Å². The Morgan fingerprint density at radius 1 is 1.21 bits per heavy atom. The number of nitro groups is 1. The number of nitrogens with zero attached hydrogens (tertiary/aromatic N) is 3. The summed E-state index contributed by atoms with van der Waals surface area (Å²) in [5.41, 5.74) is -2.28. The Bertz CT molecular complexity index is 1140. The molecule has 1 aromatic heterocycles. The summed E-state index contributed by atoms with van der Waals surface area (Å²) in [6.45, 7) is -0.578. The van der Waals surface area contributed by atoms with Gasteiger partial charge in [-0.3, -0.25) is 24.3 Å². The van der Waals surface area contributed by atoms with Gasteiger partial charge in [-0.05, 0) is 18.2 Å². The number of rotatable bonds is 4. The topological polar surface area (TPSA) is 107 Å². The molecule has 0 atom stereocenters. The highest BCUT2D eigenvalue weighted by Gasteiger charge is 2.33. The van der Waals surface area contributed by atoms with E-state index in [0.717, 1.165) is 35.2 Å². The molecule has 11 heteroatoms. The van der Waals surface area contributed by atoms with Gasteiger partial charge < -0.3 is 5.32 Å². The fraction of sp³-hybridized carbons (Fsp3) is 0.118. The van der Waals surface area contributed by atoms with Crippen LogP contribution in [0.2, 0.25) is 0 Å². The highest BCUT2D eigenvalue weighted by molar-refractivity contribution is 5.91. The molecule has 1 amide bonds. The second-order valence-corrected chi connectivity index (χ2v) is 5.73. The Balaban J connectivity index is 1.86. The predicted molar refractivity (Wildman–Crippen MR) is 92.7 cm³/mol. The molecule has 8 nitrogen and oxygen atoms in total. The third-order valence-electron chi connectivity index (χ3n) is 3.84. The second kappa shape index (κ2) is 7.10. The molecule has 144 valence electrons. The van der Waals surface area contributed by atoms with E-state index in [4.69, 9.17) is 0 Å². The first-order valence-electron chi connectivity index (χ1n) is 7.76. The standard InChI is InChI=1S/C17H11F3N4O4/c18-17(19,20)12-3-1-2-4-13(12)22-15(25)8-23-9-21-14-7-10(24(27)28)5-6-11(14)16(23)26/h1-7,9H,8H2,(H,22,25). The van der Waals surface area contributed by atoms with E-state index >= 15 is 0 Å². The number of para-hydroxylation sites is 1. The molecule has 0 aliphatic rings. The molecule has 0 unspecified atom stereocenters. The fourth-order valence-corrected chi connectivity index (χ4v) is 2.56. The maximum absolute atomic E-state index is 13.0. The van der Waals surface area contributed by atoms with Gasteiger partial charge in [0.05, 0.1) is 33.4 Å². The van der Waals surface area contributed by atoms with Crippen LogP contribution in [0.4, 0.5) is 24.5 Å². The highest BCUT2D eigenvalue weighted by Crippen LogP contribution is 2.34. The largest absolute Gasteiger partial charge is 0.418 e. The van der Waals surface area contributed by atoms with E-state index in [1.54, 1.807) is 0 Å². The minimum absolute atomic E-state index is 0.0385. The first-order chi connectivity index (χ1) is 13.2. The van der Waals surface area contributed by atoms with E-state index in [2.05, 4.69) is 10.3 Å². The molecule has 0 saturated heterocycles. The zero-order valence-corrected chi connectivity index (χ0v) is 13.9. The van der Waals surface area contributed by atoms with Crippen LogP contribution in [-0.4, -0.2) is 20.4 Å². The van der Waals surface area contributed by atoms with Crippen molar-refractivity contribution in [3.05, 3.63) is 74.8 Å². The van der Waals surface area contributed by atoms with Crippen molar-refractivity contribution in [1.29, 1.82) is 0 Å². The quantitative estimate of drug-likeness (QED) is 0.543. The van der Waals surface area contributed by atoms with Gasteiger partial charge in [0.15, 0.2) is 0 Å². The van der Waals surface area contributed by atoms with Crippen LogP contribution in [0.3, 0.4) is 0 Å². The van der Waals surface area contributed by atoms with Gasteiger partial charge >= 0.3 is 6.18 Å². The number of hydrogen-bond acceptors (Lipinski definition) is 5. The molecule has 0 bridgehead atoms. The normalized spacial score (nSPS) is 11.4. The average molecular weight is 392 g/mol. The smallest absolute Gasteiger partial charge is 0.324 e. The zero-order valence-electron chi connectivity index (χ0n) is 13.9. The van der Waals surface area contributed by atoms with Crippen LogP contribution < -0.4 is 10.9 Å². The molecule has 1 N–H and O–H groups in total. The number of carbonyl (C=O) groups excluding carboxylic acids is 1. The van der Waals surface area contributed by atoms with Crippen LogP contribution in [0.25, 0.3) is 10.9 Å². The molecule has 0 saturated carbocycles. The molecule has 3 rings (SSSR count). The lowest BCUT2D eigenvalue weighted by molar-refractivity contribution is -0.384. The SMILES string of the molecule is O=C(Cn1cnc2cc([N+](=O)[O-])ccc2c1=O)Nc1ccccc1C(F)(F)F. The predicted octanol–water partition coefficient (Wildman–Crippen LogP) is 2.96. The van der Waals surface area contributed by atoms with Crippen LogP contribution >= 0.6 is 0 Å². The lowest BCUT2D eigenvalue weighted by atomic mass is 10.1. The van der Waals surface area contributed by atoms with Gasteiger partial charge in [0.2, 0.25) is 5.91 Å². The van der Waals surface area contributed by atoms with Crippen molar-refractivity contribution < 1.29 is 22.9 Å². The average Bonchev–Trinajstić information content (AvgIpc) is 2.63. The molecule has 0 aliphatic heterocycles. The van der Waals surface area contributed by atoms with Gasteiger partial charge in [-0.25, -0.2) is 4.98 Å². The summed E-state index contributed by atoms with van der Waals surface area (Å²) < 4.78 is 39.9. The van der Waals surface area contributed by atoms with E-state index in [-0.39, 0.29) is 16.6 Å². The molecular weight excluding hydrogens is 381 g/mol. The van der Waals surface area contributed by atoms with Crippen LogP contribution in [0.1, 0.15) is 5.56 Å². The van der Waals surface area contributed by atoms with Crippen molar-refractivity contribution >= 4 is 28.2 Å². The number of alkyl halides is 3. The van der Waals surface area contributed by atoms with Crippen LogP contribution in [0.5, 0.6) is 0 Å². The third-order valence-corrected chi connectivity index (χ3v) is 3.84. The monoisotopic (exact) mass is 392 g/mol. The maximum Gasteiger partial charge on any atom is 0.418 e. The molecule has 1 heterocycles. The number of benzene rings is 2. The lowest BCUT2D eigenvalue weighted by Gasteiger charge is -2.14. The van der Waals surface area contributed by atoms with E-state index < -0.39 is 40.4 Å². The van der Waals surface area contributed by atoms with Gasteiger partial charge in [-0.2, -0.15) is 13.2 Å². The number of non-ortho nitro benzene ring substituents is 1. The molecule has 0 fully saturated rings. The maximum atomic E-state index is 13.0. The Morgan fingerprint density at radius 2 is 1.93 bits per heavy atom. The van der Waals surface area contributed by atoms with Gasteiger partial charge in [-0.1, -0.05) is 12.1 Å². The van der Waals surface area contributed by atoms with Crippen LogP contribution in [0, 0.1) is 10.1 Å². The Hall–Kier alpha value is -3.76. The van der Waals surface area contributed by atoms with Gasteiger partial charge in [0.25, 0.3) is 11.2 Å². The number of hydrogen-bond donors (Lipinski definition) is 1. The van der Waals surface area contributed by atoms with Crippen molar-refractivity contribution in [3.8, 4) is 0 Å². The molecule has 0 spiro atoms. The molecule has 3 aromatic rings. The number of halogens is 3. The number of aromatic nitrogens is 2. The summed E-state index contributed by atoms with van der Waals surface area (Å²) >= 11 is 0. The van der Waals surface area contributed by atoms with E-state index in [1.807, 2.05) is 0 Å². The summed E-state index contributed by atoms with van der Waals surface area (Å²) in [6.07, 6.45) is -3.65. The van der Waals surface area contributed by atoms with E-state index in [9.17, 15) is 32.9 Å². The van der Waals surface area contributed by atoms with Crippen LogP contribution in [0.15, 0.2) is 53.6 Å². The Labute approximate surface area is 154 Å². The number of carbonyl (C=O) groups is 1. The lowest BCUT2D eigenvalue weighted by Crippen LogP contribution is -2.28. The summed E-state index contributed by atoms with van der Waals surface area (Å²) in [7, 11) is 0.